The van der Waals surface area contributed by atoms with Gasteiger partial charge in [-0.3, -0.25) is 14.5 Å². The lowest BCUT2D eigenvalue weighted by molar-refractivity contribution is -0.145. The molecule has 1 unspecified atom stereocenters. The quantitative estimate of drug-likeness (QED) is 0.671. The number of carbonyl (C=O) groups excluding carboxylic acids is 2. The van der Waals surface area contributed by atoms with Crippen LogP contribution in [0.5, 0.6) is 0 Å². The summed E-state index contributed by atoms with van der Waals surface area (Å²) in [4.78, 5) is 25.0. The Kier molecular flexibility index (Phi) is 3.22. The van der Waals surface area contributed by atoms with E-state index in [0.29, 0.717) is 12.3 Å². The molecule has 1 rings (SSSR count). The Morgan fingerprint density at radius 2 is 1.93 bits per heavy atom. The number of hydrogen-bond acceptors (Lipinski definition) is 2. The molecule has 0 aromatic carbocycles. The van der Waals surface area contributed by atoms with E-state index in [2.05, 4.69) is 13.8 Å². The van der Waals surface area contributed by atoms with E-state index in [0.717, 1.165) is 6.42 Å². The maximum atomic E-state index is 11.8. The van der Waals surface area contributed by atoms with Crippen molar-refractivity contribution < 1.29 is 9.59 Å². The van der Waals surface area contributed by atoms with Gasteiger partial charge in [0.25, 0.3) is 0 Å². The van der Waals surface area contributed by atoms with E-state index in [4.69, 9.17) is 0 Å². The van der Waals surface area contributed by atoms with Crippen molar-refractivity contribution in [1.82, 2.24) is 4.90 Å². The average Bonchev–Trinajstić information content (AvgIpc) is 2.23. The Labute approximate surface area is 91.8 Å². The Bertz CT molecular complexity index is 281. The third kappa shape index (κ3) is 2.39. The SMILES string of the molecule is CC(C)CC(C)(C)N1C(=O)CC(C)C1=O. The van der Waals surface area contributed by atoms with Crippen LogP contribution in [0, 0.1) is 11.8 Å². The van der Waals surface area contributed by atoms with Crippen LogP contribution in [0.15, 0.2) is 0 Å². The predicted molar refractivity (Wildman–Crippen MR) is 59.2 cm³/mol. The lowest BCUT2D eigenvalue weighted by Crippen LogP contribution is -2.48. The van der Waals surface area contributed by atoms with Crippen LogP contribution >= 0.6 is 0 Å². The van der Waals surface area contributed by atoms with Gasteiger partial charge in [-0.25, -0.2) is 0 Å². The van der Waals surface area contributed by atoms with Crippen molar-refractivity contribution in [3.05, 3.63) is 0 Å². The standard InChI is InChI=1S/C12H21NO2/c1-8(2)7-12(4,5)13-10(14)6-9(3)11(13)15/h8-9H,6-7H2,1-5H3. The average molecular weight is 211 g/mol. The molecule has 0 saturated carbocycles. The van der Waals surface area contributed by atoms with Crippen LogP contribution in [0.2, 0.25) is 0 Å². The van der Waals surface area contributed by atoms with Gasteiger partial charge in [0, 0.05) is 17.9 Å². The zero-order valence-corrected chi connectivity index (χ0v) is 10.3. The van der Waals surface area contributed by atoms with Crippen LogP contribution in [0.4, 0.5) is 0 Å². The molecule has 0 aromatic rings. The summed E-state index contributed by atoms with van der Waals surface area (Å²) in [6.07, 6.45) is 1.23. The zero-order chi connectivity index (χ0) is 11.8. The van der Waals surface area contributed by atoms with E-state index in [9.17, 15) is 9.59 Å². The maximum absolute atomic E-state index is 11.8. The molecule has 0 spiro atoms. The number of carbonyl (C=O) groups is 2. The molecule has 0 aliphatic carbocycles. The minimum Gasteiger partial charge on any atom is -0.277 e. The fourth-order valence-electron chi connectivity index (χ4n) is 2.51. The molecule has 1 saturated heterocycles. The smallest absolute Gasteiger partial charge is 0.233 e. The summed E-state index contributed by atoms with van der Waals surface area (Å²) < 4.78 is 0. The van der Waals surface area contributed by atoms with E-state index < -0.39 is 0 Å². The van der Waals surface area contributed by atoms with Crippen LogP contribution in [0.25, 0.3) is 0 Å². The first-order valence-electron chi connectivity index (χ1n) is 5.62. The number of likely N-dealkylation sites (tertiary alicyclic amines) is 1. The van der Waals surface area contributed by atoms with Crippen molar-refractivity contribution in [2.75, 3.05) is 0 Å². The van der Waals surface area contributed by atoms with E-state index >= 15 is 0 Å². The number of amides is 2. The van der Waals surface area contributed by atoms with Gasteiger partial charge < -0.3 is 0 Å². The van der Waals surface area contributed by atoms with Crippen molar-refractivity contribution in [2.24, 2.45) is 11.8 Å². The van der Waals surface area contributed by atoms with Gasteiger partial charge in [-0.05, 0) is 26.2 Å². The molecule has 1 fully saturated rings. The van der Waals surface area contributed by atoms with Gasteiger partial charge in [-0.15, -0.1) is 0 Å². The highest BCUT2D eigenvalue weighted by atomic mass is 16.2. The number of hydrogen-bond donors (Lipinski definition) is 0. The van der Waals surface area contributed by atoms with Crippen molar-refractivity contribution in [1.29, 1.82) is 0 Å². The summed E-state index contributed by atoms with van der Waals surface area (Å²) >= 11 is 0. The van der Waals surface area contributed by atoms with Crippen molar-refractivity contribution in [2.45, 2.75) is 53.0 Å². The van der Waals surface area contributed by atoms with Crippen molar-refractivity contribution in [3.8, 4) is 0 Å². The van der Waals surface area contributed by atoms with Crippen molar-refractivity contribution in [3.63, 3.8) is 0 Å². The van der Waals surface area contributed by atoms with Gasteiger partial charge in [-0.2, -0.15) is 0 Å². The van der Waals surface area contributed by atoms with Crippen LogP contribution in [-0.2, 0) is 9.59 Å². The first kappa shape index (κ1) is 12.2. The summed E-state index contributed by atoms with van der Waals surface area (Å²) in [5.41, 5.74) is -0.340. The molecule has 1 heterocycles. The first-order chi connectivity index (χ1) is 6.75. The number of imide groups is 1. The molecule has 86 valence electrons. The van der Waals surface area contributed by atoms with E-state index in [1.54, 1.807) is 0 Å². The molecule has 3 heteroatoms. The minimum atomic E-state index is -0.340. The molecule has 3 nitrogen and oxygen atoms in total. The second-order valence-corrected chi connectivity index (χ2v) is 5.58. The monoisotopic (exact) mass is 211 g/mol. The van der Waals surface area contributed by atoms with Gasteiger partial charge in [-0.1, -0.05) is 20.8 Å². The first-order valence-corrected chi connectivity index (χ1v) is 5.62. The summed E-state index contributed by atoms with van der Waals surface area (Å²) in [5, 5.41) is 0. The Balaban J connectivity index is 2.86. The minimum absolute atomic E-state index is 0.00866. The fourth-order valence-corrected chi connectivity index (χ4v) is 2.51. The fraction of sp³-hybridized carbons (Fsp3) is 0.833. The highest BCUT2D eigenvalue weighted by Gasteiger charge is 2.43. The number of rotatable bonds is 3. The lowest BCUT2D eigenvalue weighted by atomic mass is 9.91. The van der Waals surface area contributed by atoms with Crippen LogP contribution in [0.1, 0.15) is 47.5 Å². The topological polar surface area (TPSA) is 37.4 Å². The highest BCUT2D eigenvalue weighted by Crippen LogP contribution is 2.31. The van der Waals surface area contributed by atoms with Crippen LogP contribution < -0.4 is 0 Å². The second-order valence-electron chi connectivity index (χ2n) is 5.58. The molecule has 1 aliphatic heterocycles. The summed E-state index contributed by atoms with van der Waals surface area (Å²) in [5.74, 6) is 0.323. The Morgan fingerprint density at radius 3 is 2.27 bits per heavy atom. The Morgan fingerprint density at radius 1 is 1.40 bits per heavy atom. The molecule has 1 atom stereocenters. The van der Waals surface area contributed by atoms with Gasteiger partial charge in [0.05, 0.1) is 0 Å². The van der Waals surface area contributed by atoms with Gasteiger partial charge >= 0.3 is 0 Å². The van der Waals surface area contributed by atoms with E-state index in [-0.39, 0.29) is 23.3 Å². The molecule has 15 heavy (non-hydrogen) atoms. The highest BCUT2D eigenvalue weighted by molar-refractivity contribution is 6.04. The molecule has 1 aliphatic rings. The Hall–Kier alpha value is -0.860. The lowest BCUT2D eigenvalue weighted by Gasteiger charge is -2.35. The zero-order valence-electron chi connectivity index (χ0n) is 10.3. The third-order valence-electron chi connectivity index (χ3n) is 2.89. The van der Waals surface area contributed by atoms with Gasteiger partial charge in [0.15, 0.2) is 0 Å². The maximum Gasteiger partial charge on any atom is 0.233 e. The summed E-state index contributed by atoms with van der Waals surface area (Å²) in [6, 6.07) is 0. The van der Waals surface area contributed by atoms with Crippen molar-refractivity contribution >= 4 is 11.8 Å². The molecule has 2 amide bonds. The molecule has 0 aromatic heterocycles. The molecular weight excluding hydrogens is 190 g/mol. The largest absolute Gasteiger partial charge is 0.277 e. The summed E-state index contributed by atoms with van der Waals surface area (Å²) in [7, 11) is 0. The van der Waals surface area contributed by atoms with E-state index in [1.165, 1.54) is 4.90 Å². The van der Waals surface area contributed by atoms with E-state index in [1.807, 2.05) is 20.8 Å². The number of nitrogens with zero attached hydrogens (tertiary/aromatic N) is 1. The van der Waals surface area contributed by atoms with Gasteiger partial charge in [0.2, 0.25) is 11.8 Å². The molecule has 0 N–H and O–H groups in total. The molecular formula is C12H21NO2. The van der Waals surface area contributed by atoms with Crippen LogP contribution in [0.3, 0.4) is 0 Å². The van der Waals surface area contributed by atoms with Gasteiger partial charge in [0.1, 0.15) is 0 Å². The third-order valence-corrected chi connectivity index (χ3v) is 2.89. The van der Waals surface area contributed by atoms with Crippen LogP contribution in [-0.4, -0.2) is 22.3 Å². The predicted octanol–water partition coefficient (Wildman–Crippen LogP) is 2.21. The second kappa shape index (κ2) is 3.95. The molecule has 0 radical (unpaired) electrons. The molecule has 0 bridgehead atoms. The normalized spacial score (nSPS) is 23.1. The summed E-state index contributed by atoms with van der Waals surface area (Å²) in [6.45, 7) is 9.99.